The van der Waals surface area contributed by atoms with Crippen LogP contribution in [0.2, 0.25) is 0 Å². The first kappa shape index (κ1) is 18.3. The van der Waals surface area contributed by atoms with Gasteiger partial charge >= 0.3 is 0 Å². The fraction of sp³-hybridized carbons (Fsp3) is 0.200. The maximum absolute atomic E-state index is 12.6. The molecule has 2 unspecified atom stereocenters. The van der Waals surface area contributed by atoms with Crippen LogP contribution in [0.15, 0.2) is 96.0 Å². The molecular weight excluding hydrogens is 288 g/mol. The third kappa shape index (κ3) is 4.36. The summed E-state index contributed by atoms with van der Waals surface area (Å²) in [6.07, 6.45) is 17.1. The van der Waals surface area contributed by atoms with Gasteiger partial charge in [-0.2, -0.15) is 0 Å². The molecule has 0 N–H and O–H groups in total. The third-order valence-electron chi connectivity index (χ3n) is 3.54. The summed E-state index contributed by atoms with van der Waals surface area (Å²) in [6.45, 7) is 15.5. The smallest absolute Gasteiger partial charge is 0.156 e. The molecule has 0 aromatic rings. The summed E-state index contributed by atoms with van der Waals surface area (Å²) in [5.74, 6) is 0.584. The van der Waals surface area contributed by atoms with Crippen LogP contribution >= 0.6 is 0 Å². The van der Waals surface area contributed by atoms with Crippen molar-refractivity contribution in [1.29, 1.82) is 0 Å². The van der Waals surface area contributed by atoms with Crippen LogP contribution in [0.4, 0.5) is 0 Å². The number of hydrogen-bond acceptors (Lipinski definition) is 1. The molecule has 2 atom stereocenters. The van der Waals surface area contributed by atoms with E-state index in [-0.39, 0.29) is 5.92 Å². The summed E-state index contributed by atoms with van der Waals surface area (Å²) in [4.78, 5) is 0.791. The van der Waals surface area contributed by atoms with Crippen LogP contribution in [0.25, 0.3) is 0 Å². The van der Waals surface area contributed by atoms with E-state index < -0.39 is 11.2 Å². The Morgan fingerprint density at radius 1 is 1.05 bits per heavy atom. The van der Waals surface area contributed by atoms with Gasteiger partial charge in [0.2, 0.25) is 0 Å². The summed E-state index contributed by atoms with van der Waals surface area (Å²) in [5, 5.41) is 0. The van der Waals surface area contributed by atoms with Crippen LogP contribution < -0.4 is 0 Å². The van der Waals surface area contributed by atoms with Crippen LogP contribution in [0.1, 0.15) is 13.8 Å². The van der Waals surface area contributed by atoms with Crippen molar-refractivity contribution in [2.45, 2.75) is 13.8 Å². The zero-order valence-electron chi connectivity index (χ0n) is 13.4. The Bertz CT molecular complexity index is 585. The highest BCUT2D eigenvalue weighted by molar-refractivity contribution is 7.95. The first-order valence-electron chi connectivity index (χ1n) is 7.29. The second-order valence-electron chi connectivity index (χ2n) is 4.90. The van der Waals surface area contributed by atoms with Gasteiger partial charge in [-0.1, -0.05) is 75.3 Å². The van der Waals surface area contributed by atoms with Crippen molar-refractivity contribution in [2.24, 2.45) is 5.92 Å². The average Bonchev–Trinajstić information content (AvgIpc) is 2.61. The lowest BCUT2D eigenvalue weighted by atomic mass is 9.88. The average molecular weight is 312 g/mol. The highest BCUT2D eigenvalue weighted by Crippen LogP contribution is 2.35. The van der Waals surface area contributed by atoms with Gasteiger partial charge in [-0.25, -0.2) is 0 Å². The molecule has 1 rings (SSSR count). The molecule has 0 aromatic heterocycles. The van der Waals surface area contributed by atoms with Gasteiger partial charge in [0, 0.05) is 17.1 Å². The van der Waals surface area contributed by atoms with Crippen LogP contribution in [-0.4, -0.2) is 10.3 Å². The first-order valence-corrected chi connectivity index (χ1v) is 8.61. The number of allylic oxidation sites excluding steroid dienone is 11. The molecule has 2 heteroatoms. The molecule has 1 nitrogen and oxygen atoms in total. The summed E-state index contributed by atoms with van der Waals surface area (Å²) in [5.41, 5.74) is 3.18. The lowest BCUT2D eigenvalue weighted by Gasteiger charge is -2.15. The minimum absolute atomic E-state index is 0.116. The molecular formula is C20H24OS. The van der Waals surface area contributed by atoms with Crippen molar-refractivity contribution >= 4 is 11.2 Å². The van der Waals surface area contributed by atoms with Gasteiger partial charge in [0.25, 0.3) is 0 Å². The van der Waals surface area contributed by atoms with E-state index >= 15 is 0 Å². The molecule has 0 spiro atoms. The summed E-state index contributed by atoms with van der Waals surface area (Å²) in [6, 6.07) is 0. The molecule has 0 aromatic carbocycles. The van der Waals surface area contributed by atoms with Crippen LogP contribution in [0.5, 0.6) is 0 Å². The monoisotopic (exact) mass is 312 g/mol. The quantitative estimate of drug-likeness (QED) is 0.489. The van der Waals surface area contributed by atoms with Crippen molar-refractivity contribution in [3.05, 3.63) is 96.0 Å². The Kier molecular flexibility index (Phi) is 7.72. The van der Waals surface area contributed by atoms with Gasteiger partial charge in [0.1, 0.15) is 5.75 Å². The van der Waals surface area contributed by atoms with Gasteiger partial charge in [-0.05, 0) is 29.7 Å². The van der Waals surface area contributed by atoms with Crippen molar-refractivity contribution in [3.63, 3.8) is 0 Å². The number of rotatable bonds is 6. The molecule has 0 fully saturated rings. The van der Waals surface area contributed by atoms with Crippen molar-refractivity contribution < 1.29 is 4.55 Å². The molecule has 0 saturated carbocycles. The van der Waals surface area contributed by atoms with E-state index in [0.717, 1.165) is 21.6 Å². The third-order valence-corrected chi connectivity index (χ3v) is 5.01. The van der Waals surface area contributed by atoms with E-state index in [0.29, 0.717) is 5.75 Å². The zero-order valence-corrected chi connectivity index (χ0v) is 14.2. The molecule has 0 aliphatic carbocycles. The SMILES string of the molecule is C=C/C=C\C1=C(C=C)[S+]([O-])CC(C=C)=C(/C=C\C=C/C)C1C. The minimum atomic E-state index is -1.11. The largest absolute Gasteiger partial charge is 0.611 e. The second kappa shape index (κ2) is 9.29. The molecule has 0 saturated heterocycles. The van der Waals surface area contributed by atoms with Gasteiger partial charge in [0.05, 0.1) is 0 Å². The Morgan fingerprint density at radius 3 is 2.27 bits per heavy atom. The van der Waals surface area contributed by atoms with Crippen LogP contribution in [0.3, 0.4) is 0 Å². The van der Waals surface area contributed by atoms with Gasteiger partial charge in [0.15, 0.2) is 4.91 Å². The summed E-state index contributed by atoms with van der Waals surface area (Å²) >= 11 is -1.11. The van der Waals surface area contributed by atoms with Crippen LogP contribution in [-0.2, 0) is 11.2 Å². The predicted molar refractivity (Wildman–Crippen MR) is 99.9 cm³/mol. The van der Waals surface area contributed by atoms with E-state index in [1.807, 2.05) is 43.4 Å². The summed E-state index contributed by atoms with van der Waals surface area (Å²) in [7, 11) is 0. The molecule has 1 aliphatic rings. The van der Waals surface area contributed by atoms with Crippen LogP contribution in [0, 0.1) is 5.92 Å². The highest BCUT2D eigenvalue weighted by atomic mass is 32.2. The Hall–Kier alpha value is -1.77. The Balaban J connectivity index is 3.48. The highest BCUT2D eigenvalue weighted by Gasteiger charge is 2.28. The van der Waals surface area contributed by atoms with Crippen molar-refractivity contribution in [1.82, 2.24) is 0 Å². The van der Waals surface area contributed by atoms with E-state index in [2.05, 4.69) is 32.7 Å². The minimum Gasteiger partial charge on any atom is -0.611 e. The fourth-order valence-corrected chi connectivity index (χ4v) is 3.82. The Morgan fingerprint density at radius 2 is 1.73 bits per heavy atom. The molecule has 0 amide bonds. The van der Waals surface area contributed by atoms with E-state index in [1.165, 1.54) is 0 Å². The molecule has 1 aliphatic heterocycles. The van der Waals surface area contributed by atoms with E-state index in [4.69, 9.17) is 0 Å². The van der Waals surface area contributed by atoms with Gasteiger partial charge < -0.3 is 4.55 Å². The van der Waals surface area contributed by atoms with Gasteiger partial charge in [-0.15, -0.1) is 0 Å². The number of hydrogen-bond donors (Lipinski definition) is 0. The molecule has 22 heavy (non-hydrogen) atoms. The topological polar surface area (TPSA) is 23.1 Å². The van der Waals surface area contributed by atoms with Gasteiger partial charge in [-0.3, -0.25) is 0 Å². The molecule has 0 bridgehead atoms. The predicted octanol–water partition coefficient (Wildman–Crippen LogP) is 5.18. The zero-order chi connectivity index (χ0) is 16.5. The maximum Gasteiger partial charge on any atom is 0.156 e. The lowest BCUT2D eigenvalue weighted by molar-refractivity contribution is 0.604. The van der Waals surface area contributed by atoms with E-state index in [9.17, 15) is 4.55 Å². The standard InChI is InChI=1S/C20H24OS/c1-6-10-12-14-18-16(5)19(13-11-7-2)20(9-4)22(21)15-17(18)8-3/h6-14,16H,2-4,15H2,1,5H3/b10-6-,13-11-,14-12-. The molecule has 116 valence electrons. The fourth-order valence-electron chi connectivity index (χ4n) is 2.40. The van der Waals surface area contributed by atoms with Crippen molar-refractivity contribution in [3.8, 4) is 0 Å². The first-order chi connectivity index (χ1) is 10.6. The lowest BCUT2D eigenvalue weighted by Crippen LogP contribution is -2.09. The van der Waals surface area contributed by atoms with E-state index in [1.54, 1.807) is 12.2 Å². The molecule has 0 radical (unpaired) electrons. The second-order valence-corrected chi connectivity index (χ2v) is 6.32. The molecule has 1 heterocycles. The normalized spacial score (nSPS) is 23.6. The van der Waals surface area contributed by atoms with Crippen molar-refractivity contribution in [2.75, 3.05) is 5.75 Å². The Labute approximate surface area is 137 Å². The summed E-state index contributed by atoms with van der Waals surface area (Å²) < 4.78 is 12.6. The maximum atomic E-state index is 12.6.